The van der Waals surface area contributed by atoms with Crippen LogP contribution in [0.15, 0.2) is 12.1 Å². The van der Waals surface area contributed by atoms with Gasteiger partial charge >= 0.3 is 5.97 Å². The van der Waals surface area contributed by atoms with Gasteiger partial charge < -0.3 is 4.74 Å². The van der Waals surface area contributed by atoms with Gasteiger partial charge in [-0.05, 0) is 18.6 Å². The van der Waals surface area contributed by atoms with Gasteiger partial charge in [0.2, 0.25) is 0 Å². The van der Waals surface area contributed by atoms with Crippen molar-refractivity contribution in [3.8, 4) is 0 Å². The molecule has 88 valence electrons. The number of alkyl halides is 1. The van der Waals surface area contributed by atoms with E-state index in [4.69, 9.17) is 11.6 Å². The van der Waals surface area contributed by atoms with Gasteiger partial charge in [0.05, 0.1) is 13.0 Å². The third kappa shape index (κ3) is 3.17. The van der Waals surface area contributed by atoms with Crippen LogP contribution < -0.4 is 0 Å². The number of halogens is 3. The van der Waals surface area contributed by atoms with Crippen LogP contribution in [0.25, 0.3) is 0 Å². The molecular weight excluding hydrogens is 238 g/mol. The molecule has 0 saturated carbocycles. The van der Waals surface area contributed by atoms with E-state index in [1.165, 1.54) is 6.07 Å². The molecule has 0 radical (unpaired) electrons. The van der Waals surface area contributed by atoms with Crippen LogP contribution in [0.5, 0.6) is 0 Å². The Hall–Kier alpha value is -1.16. The molecule has 0 aromatic heterocycles. The normalized spacial score (nSPS) is 10.2. The summed E-state index contributed by atoms with van der Waals surface area (Å²) in [6, 6.07) is 2.37. The van der Waals surface area contributed by atoms with Gasteiger partial charge in [0.25, 0.3) is 0 Å². The summed E-state index contributed by atoms with van der Waals surface area (Å²) in [5, 5.41) is 0. The van der Waals surface area contributed by atoms with E-state index < -0.39 is 17.6 Å². The highest BCUT2D eigenvalue weighted by molar-refractivity contribution is 6.17. The number of ether oxygens (including phenoxy) is 1. The van der Waals surface area contributed by atoms with E-state index in [1.54, 1.807) is 6.92 Å². The third-order valence-corrected chi connectivity index (χ3v) is 2.27. The maximum atomic E-state index is 13.3. The molecule has 0 bridgehead atoms. The third-order valence-electron chi connectivity index (χ3n) is 1.96. The van der Waals surface area contributed by atoms with Gasteiger partial charge in [0.15, 0.2) is 11.6 Å². The summed E-state index contributed by atoms with van der Waals surface area (Å²) in [6.07, 6.45) is -0.290. The van der Waals surface area contributed by atoms with Crippen molar-refractivity contribution >= 4 is 17.6 Å². The monoisotopic (exact) mass is 248 g/mol. The summed E-state index contributed by atoms with van der Waals surface area (Å²) in [7, 11) is 0. The minimum Gasteiger partial charge on any atom is -0.466 e. The van der Waals surface area contributed by atoms with Gasteiger partial charge in [-0.3, -0.25) is 4.79 Å². The van der Waals surface area contributed by atoms with Gasteiger partial charge in [-0.2, -0.15) is 0 Å². The molecule has 0 unspecified atom stereocenters. The fraction of sp³-hybridized carbons (Fsp3) is 0.364. The molecule has 0 saturated heterocycles. The first-order valence-electron chi connectivity index (χ1n) is 4.76. The second-order valence-corrected chi connectivity index (χ2v) is 3.43. The second kappa shape index (κ2) is 5.80. The number of esters is 1. The lowest BCUT2D eigenvalue weighted by Gasteiger charge is -2.06. The number of hydrogen-bond donors (Lipinski definition) is 0. The average Bonchev–Trinajstić information content (AvgIpc) is 2.24. The SMILES string of the molecule is CCOC(=O)Cc1cc(CCl)cc(F)c1F. The van der Waals surface area contributed by atoms with Crippen molar-refractivity contribution in [1.82, 2.24) is 0 Å². The van der Waals surface area contributed by atoms with Crippen molar-refractivity contribution in [1.29, 1.82) is 0 Å². The minimum absolute atomic E-state index is 0.0332. The molecule has 0 aliphatic rings. The van der Waals surface area contributed by atoms with E-state index in [9.17, 15) is 13.6 Å². The van der Waals surface area contributed by atoms with E-state index in [1.807, 2.05) is 0 Å². The van der Waals surface area contributed by atoms with Crippen LogP contribution >= 0.6 is 11.6 Å². The van der Waals surface area contributed by atoms with Crippen molar-refractivity contribution < 1.29 is 18.3 Å². The van der Waals surface area contributed by atoms with E-state index in [0.29, 0.717) is 5.56 Å². The van der Waals surface area contributed by atoms with Crippen LogP contribution in [-0.4, -0.2) is 12.6 Å². The molecule has 0 spiro atoms. The van der Waals surface area contributed by atoms with Crippen molar-refractivity contribution in [3.05, 3.63) is 34.9 Å². The highest BCUT2D eigenvalue weighted by Gasteiger charge is 2.14. The van der Waals surface area contributed by atoms with Crippen molar-refractivity contribution in [2.45, 2.75) is 19.2 Å². The van der Waals surface area contributed by atoms with E-state index >= 15 is 0 Å². The molecule has 0 aliphatic carbocycles. The molecule has 5 heteroatoms. The summed E-state index contributed by atoms with van der Waals surface area (Å²) in [5.74, 6) is -2.56. The number of rotatable bonds is 4. The molecule has 0 aliphatic heterocycles. The van der Waals surface area contributed by atoms with Crippen LogP contribution in [0.2, 0.25) is 0 Å². The lowest BCUT2D eigenvalue weighted by atomic mass is 10.1. The molecule has 0 heterocycles. The number of hydrogen-bond acceptors (Lipinski definition) is 2. The maximum absolute atomic E-state index is 13.3. The quantitative estimate of drug-likeness (QED) is 0.605. The minimum atomic E-state index is -1.03. The van der Waals surface area contributed by atoms with Crippen LogP contribution in [0.4, 0.5) is 8.78 Å². The summed E-state index contributed by atoms with van der Waals surface area (Å²) in [5.41, 5.74) is 0.397. The molecule has 0 fully saturated rings. The van der Waals surface area contributed by atoms with Crippen LogP contribution in [0.1, 0.15) is 18.1 Å². The number of carbonyl (C=O) groups excluding carboxylic acids is 1. The molecule has 1 aromatic carbocycles. The smallest absolute Gasteiger partial charge is 0.310 e. The van der Waals surface area contributed by atoms with E-state index in [2.05, 4.69) is 4.74 Å². The first-order valence-corrected chi connectivity index (χ1v) is 5.30. The zero-order valence-corrected chi connectivity index (χ0v) is 9.48. The fourth-order valence-electron chi connectivity index (χ4n) is 1.28. The van der Waals surface area contributed by atoms with Crippen LogP contribution in [0, 0.1) is 11.6 Å². The number of benzene rings is 1. The highest BCUT2D eigenvalue weighted by Crippen LogP contribution is 2.17. The first-order chi connectivity index (χ1) is 7.58. The fourth-order valence-corrected chi connectivity index (χ4v) is 1.44. The summed E-state index contributed by atoms with van der Waals surface area (Å²) in [6.45, 7) is 1.85. The van der Waals surface area contributed by atoms with Gasteiger partial charge in [-0.25, -0.2) is 8.78 Å². The Kier molecular flexibility index (Phi) is 4.68. The second-order valence-electron chi connectivity index (χ2n) is 3.17. The number of carbonyl (C=O) groups is 1. The van der Waals surface area contributed by atoms with Gasteiger partial charge in [0.1, 0.15) is 0 Å². The maximum Gasteiger partial charge on any atom is 0.310 e. The molecule has 2 nitrogen and oxygen atoms in total. The summed E-state index contributed by atoms with van der Waals surface area (Å²) >= 11 is 5.52. The molecule has 0 N–H and O–H groups in total. The topological polar surface area (TPSA) is 26.3 Å². The Balaban J connectivity index is 2.94. The Morgan fingerprint density at radius 1 is 1.44 bits per heavy atom. The van der Waals surface area contributed by atoms with Crippen molar-refractivity contribution in [3.63, 3.8) is 0 Å². The molecule has 0 atom stereocenters. The Morgan fingerprint density at radius 2 is 2.12 bits per heavy atom. The molecule has 0 amide bonds. The molecule has 1 aromatic rings. The van der Waals surface area contributed by atoms with Crippen LogP contribution in [-0.2, 0) is 21.8 Å². The van der Waals surface area contributed by atoms with Gasteiger partial charge in [-0.1, -0.05) is 6.07 Å². The lowest BCUT2D eigenvalue weighted by Crippen LogP contribution is -2.10. The average molecular weight is 249 g/mol. The molecular formula is C11H11ClF2O2. The predicted octanol–water partition coefficient (Wildman–Crippen LogP) is 2.81. The Labute approximate surface area is 97.2 Å². The van der Waals surface area contributed by atoms with Crippen molar-refractivity contribution in [2.24, 2.45) is 0 Å². The lowest BCUT2D eigenvalue weighted by molar-refractivity contribution is -0.142. The Bertz CT molecular complexity index is 394. The molecule has 16 heavy (non-hydrogen) atoms. The van der Waals surface area contributed by atoms with Gasteiger partial charge in [-0.15, -0.1) is 11.6 Å². The first kappa shape index (κ1) is 12.9. The predicted molar refractivity (Wildman–Crippen MR) is 56.3 cm³/mol. The van der Waals surface area contributed by atoms with E-state index in [0.717, 1.165) is 6.07 Å². The van der Waals surface area contributed by atoms with Crippen LogP contribution in [0.3, 0.4) is 0 Å². The van der Waals surface area contributed by atoms with Gasteiger partial charge in [0, 0.05) is 11.4 Å². The Morgan fingerprint density at radius 3 is 2.69 bits per heavy atom. The summed E-state index contributed by atoms with van der Waals surface area (Å²) in [4.78, 5) is 11.1. The molecule has 1 rings (SSSR count). The van der Waals surface area contributed by atoms with Crippen molar-refractivity contribution in [2.75, 3.05) is 6.61 Å². The van der Waals surface area contributed by atoms with E-state index in [-0.39, 0.29) is 24.5 Å². The largest absolute Gasteiger partial charge is 0.466 e. The highest BCUT2D eigenvalue weighted by atomic mass is 35.5. The standard InChI is InChI=1S/C11H11ClF2O2/c1-2-16-10(15)5-8-3-7(6-12)4-9(13)11(8)14/h3-4H,2,5-6H2,1H3. The zero-order valence-electron chi connectivity index (χ0n) is 8.73. The zero-order chi connectivity index (χ0) is 12.1. The summed E-state index contributed by atoms with van der Waals surface area (Å²) < 4.78 is 31.0.